The third-order valence-electron chi connectivity index (χ3n) is 4.75. The van der Waals surface area contributed by atoms with Crippen molar-refractivity contribution in [3.8, 4) is 6.07 Å². The van der Waals surface area contributed by atoms with Gasteiger partial charge in [-0.1, -0.05) is 12.1 Å². The van der Waals surface area contributed by atoms with Gasteiger partial charge in [-0.05, 0) is 25.0 Å². The van der Waals surface area contributed by atoms with Gasteiger partial charge in [0.1, 0.15) is 6.07 Å². The first-order valence-corrected chi connectivity index (χ1v) is 9.17. The van der Waals surface area contributed by atoms with Crippen molar-refractivity contribution in [2.24, 2.45) is 0 Å². The molecule has 1 heterocycles. The van der Waals surface area contributed by atoms with Gasteiger partial charge in [0.15, 0.2) is 0 Å². The number of para-hydroxylation sites is 1. The summed E-state index contributed by atoms with van der Waals surface area (Å²) in [4.78, 5) is 28.4. The Bertz CT molecular complexity index is 687. The molecular weight excluding hydrogens is 330 g/mol. The summed E-state index contributed by atoms with van der Waals surface area (Å²) in [5.74, 6) is 0.0374. The fraction of sp³-hybridized carbons (Fsp3) is 0.526. The van der Waals surface area contributed by atoms with Gasteiger partial charge in [0, 0.05) is 45.2 Å². The minimum atomic E-state index is -0.0843. The molecule has 1 saturated carbocycles. The van der Waals surface area contributed by atoms with E-state index in [1.54, 1.807) is 24.3 Å². The highest BCUT2D eigenvalue weighted by molar-refractivity contribution is 5.92. The maximum atomic E-state index is 12.1. The number of benzene rings is 1. The summed E-state index contributed by atoms with van der Waals surface area (Å²) in [6.45, 7) is 4.56. The van der Waals surface area contributed by atoms with Gasteiger partial charge in [-0.2, -0.15) is 5.26 Å². The standard InChI is InChI=1S/C19H25N5O2/c20-13-15-3-1-2-4-17(15)22-18(25)7-8-23-9-11-24(12-10-23)14-19(26)21-16-5-6-16/h1-4,16H,5-12,14H2,(H,21,26)(H,22,25). The van der Waals surface area contributed by atoms with Gasteiger partial charge in [0.25, 0.3) is 0 Å². The van der Waals surface area contributed by atoms with Crippen molar-refractivity contribution in [3.05, 3.63) is 29.8 Å². The van der Waals surface area contributed by atoms with Crippen LogP contribution in [-0.2, 0) is 9.59 Å². The fourth-order valence-electron chi connectivity index (χ4n) is 3.04. The number of amides is 2. The maximum absolute atomic E-state index is 12.1. The Balaban J connectivity index is 1.35. The minimum Gasteiger partial charge on any atom is -0.352 e. The molecule has 26 heavy (non-hydrogen) atoms. The second-order valence-electron chi connectivity index (χ2n) is 6.92. The Kier molecular flexibility index (Phi) is 6.21. The molecule has 2 amide bonds. The number of nitrogens with zero attached hydrogens (tertiary/aromatic N) is 3. The first-order valence-electron chi connectivity index (χ1n) is 9.17. The van der Waals surface area contributed by atoms with Crippen LogP contribution in [-0.4, -0.2) is 66.9 Å². The van der Waals surface area contributed by atoms with Crippen molar-refractivity contribution in [2.45, 2.75) is 25.3 Å². The van der Waals surface area contributed by atoms with E-state index in [2.05, 4.69) is 26.5 Å². The lowest BCUT2D eigenvalue weighted by atomic mass is 10.2. The molecule has 0 bridgehead atoms. The normalized spacial score (nSPS) is 18.1. The van der Waals surface area contributed by atoms with Gasteiger partial charge in [0.2, 0.25) is 11.8 Å². The molecule has 0 radical (unpaired) electrons. The molecule has 2 N–H and O–H groups in total. The van der Waals surface area contributed by atoms with E-state index in [-0.39, 0.29) is 11.8 Å². The zero-order valence-corrected chi connectivity index (χ0v) is 14.9. The molecule has 2 aliphatic rings. The molecule has 1 saturated heterocycles. The summed E-state index contributed by atoms with van der Waals surface area (Å²) < 4.78 is 0. The summed E-state index contributed by atoms with van der Waals surface area (Å²) in [6.07, 6.45) is 2.61. The summed E-state index contributed by atoms with van der Waals surface area (Å²) in [7, 11) is 0. The second kappa shape index (κ2) is 8.79. The summed E-state index contributed by atoms with van der Waals surface area (Å²) in [6, 6.07) is 9.49. The van der Waals surface area contributed by atoms with E-state index < -0.39 is 0 Å². The predicted molar refractivity (Wildman–Crippen MR) is 98.4 cm³/mol. The van der Waals surface area contributed by atoms with E-state index in [9.17, 15) is 9.59 Å². The van der Waals surface area contributed by atoms with Crippen LogP contribution in [0.25, 0.3) is 0 Å². The zero-order valence-electron chi connectivity index (χ0n) is 14.9. The first-order chi connectivity index (χ1) is 12.6. The highest BCUT2D eigenvalue weighted by Crippen LogP contribution is 2.18. The zero-order chi connectivity index (χ0) is 18.4. The second-order valence-corrected chi connectivity index (χ2v) is 6.92. The van der Waals surface area contributed by atoms with E-state index >= 15 is 0 Å². The van der Waals surface area contributed by atoms with E-state index in [0.717, 1.165) is 39.0 Å². The molecule has 0 atom stereocenters. The summed E-state index contributed by atoms with van der Waals surface area (Å²) in [5, 5.41) is 14.9. The molecule has 1 aliphatic heterocycles. The number of piperazine rings is 1. The summed E-state index contributed by atoms with van der Waals surface area (Å²) >= 11 is 0. The lowest BCUT2D eigenvalue weighted by Crippen LogP contribution is -2.50. The molecule has 1 aromatic carbocycles. The predicted octanol–water partition coefficient (Wildman–Crippen LogP) is 0.783. The van der Waals surface area contributed by atoms with Gasteiger partial charge in [-0.15, -0.1) is 0 Å². The minimum absolute atomic E-state index is 0.0843. The van der Waals surface area contributed by atoms with Crippen LogP contribution in [0, 0.1) is 11.3 Å². The van der Waals surface area contributed by atoms with Crippen LogP contribution >= 0.6 is 0 Å². The SMILES string of the molecule is N#Cc1ccccc1NC(=O)CCN1CCN(CC(=O)NC2CC2)CC1. The van der Waals surface area contributed by atoms with Crippen molar-refractivity contribution in [1.82, 2.24) is 15.1 Å². The van der Waals surface area contributed by atoms with Crippen molar-refractivity contribution in [2.75, 3.05) is 44.6 Å². The quantitative estimate of drug-likeness (QED) is 0.755. The van der Waals surface area contributed by atoms with Gasteiger partial charge >= 0.3 is 0 Å². The Labute approximate surface area is 153 Å². The first kappa shape index (κ1) is 18.4. The highest BCUT2D eigenvalue weighted by Gasteiger charge is 2.25. The lowest BCUT2D eigenvalue weighted by Gasteiger charge is -2.34. The Hall–Kier alpha value is -2.43. The average molecular weight is 355 g/mol. The van der Waals surface area contributed by atoms with Crippen LogP contribution in [0.1, 0.15) is 24.8 Å². The number of carbonyl (C=O) groups is 2. The number of nitrogens with one attached hydrogen (secondary N) is 2. The number of hydrogen-bond donors (Lipinski definition) is 2. The molecule has 138 valence electrons. The number of carbonyl (C=O) groups excluding carboxylic acids is 2. The van der Waals surface area contributed by atoms with Gasteiger partial charge in [-0.3, -0.25) is 14.5 Å². The van der Waals surface area contributed by atoms with Crippen LogP contribution in [0.5, 0.6) is 0 Å². The molecule has 0 spiro atoms. The molecule has 0 aromatic heterocycles. The lowest BCUT2D eigenvalue weighted by molar-refractivity contribution is -0.122. The van der Waals surface area contributed by atoms with Gasteiger partial charge in [0.05, 0.1) is 17.8 Å². The van der Waals surface area contributed by atoms with Crippen LogP contribution in [0.15, 0.2) is 24.3 Å². The monoisotopic (exact) mass is 355 g/mol. The van der Waals surface area contributed by atoms with Crippen molar-refractivity contribution < 1.29 is 9.59 Å². The number of anilines is 1. The van der Waals surface area contributed by atoms with Crippen molar-refractivity contribution in [3.63, 3.8) is 0 Å². The summed E-state index contributed by atoms with van der Waals surface area (Å²) in [5.41, 5.74) is 1.03. The molecule has 7 nitrogen and oxygen atoms in total. The molecule has 2 fully saturated rings. The van der Waals surface area contributed by atoms with E-state index in [0.29, 0.717) is 36.8 Å². The molecule has 3 rings (SSSR count). The smallest absolute Gasteiger partial charge is 0.234 e. The fourth-order valence-corrected chi connectivity index (χ4v) is 3.04. The molecule has 7 heteroatoms. The van der Waals surface area contributed by atoms with E-state index in [4.69, 9.17) is 5.26 Å². The van der Waals surface area contributed by atoms with Crippen LogP contribution in [0.2, 0.25) is 0 Å². The Morgan fingerprint density at radius 1 is 1.08 bits per heavy atom. The van der Waals surface area contributed by atoms with Crippen LogP contribution in [0.4, 0.5) is 5.69 Å². The largest absolute Gasteiger partial charge is 0.352 e. The van der Waals surface area contributed by atoms with E-state index in [1.807, 2.05) is 0 Å². The Morgan fingerprint density at radius 3 is 2.46 bits per heavy atom. The number of rotatable bonds is 7. The third kappa shape index (κ3) is 5.55. The molecular formula is C19H25N5O2. The number of nitriles is 1. The molecule has 0 unspecified atom stereocenters. The van der Waals surface area contributed by atoms with Crippen LogP contribution < -0.4 is 10.6 Å². The Morgan fingerprint density at radius 2 is 1.77 bits per heavy atom. The van der Waals surface area contributed by atoms with Gasteiger partial charge < -0.3 is 15.5 Å². The number of hydrogen-bond acceptors (Lipinski definition) is 5. The maximum Gasteiger partial charge on any atom is 0.234 e. The third-order valence-corrected chi connectivity index (χ3v) is 4.75. The van der Waals surface area contributed by atoms with Crippen molar-refractivity contribution in [1.29, 1.82) is 5.26 Å². The van der Waals surface area contributed by atoms with Gasteiger partial charge in [-0.25, -0.2) is 0 Å². The van der Waals surface area contributed by atoms with Crippen molar-refractivity contribution >= 4 is 17.5 Å². The van der Waals surface area contributed by atoms with E-state index in [1.165, 1.54) is 0 Å². The average Bonchev–Trinajstić information content (AvgIpc) is 3.45. The highest BCUT2D eigenvalue weighted by atomic mass is 16.2. The topological polar surface area (TPSA) is 88.5 Å². The molecule has 1 aromatic rings. The van der Waals surface area contributed by atoms with Crippen LogP contribution in [0.3, 0.4) is 0 Å². The molecule has 1 aliphatic carbocycles.